The van der Waals surface area contributed by atoms with E-state index >= 15 is 0 Å². The number of aryl methyl sites for hydroxylation is 1. The molecule has 0 atom stereocenters. The molecular weight excluding hydrogens is 340 g/mol. The van der Waals surface area contributed by atoms with E-state index in [-0.39, 0.29) is 5.91 Å². The van der Waals surface area contributed by atoms with Gasteiger partial charge in [0.15, 0.2) is 0 Å². The lowest BCUT2D eigenvalue weighted by molar-refractivity contribution is 0.0950. The summed E-state index contributed by atoms with van der Waals surface area (Å²) < 4.78 is 5.41. The Labute approximate surface area is 159 Å². The molecule has 0 radical (unpaired) electrons. The zero-order valence-corrected chi connectivity index (χ0v) is 15.8. The molecule has 0 unspecified atom stereocenters. The van der Waals surface area contributed by atoms with E-state index < -0.39 is 0 Å². The van der Waals surface area contributed by atoms with Crippen LogP contribution in [0.5, 0.6) is 0 Å². The number of aromatic nitrogens is 1. The predicted molar refractivity (Wildman–Crippen MR) is 105 cm³/mol. The van der Waals surface area contributed by atoms with E-state index in [1.807, 2.05) is 31.3 Å². The smallest absolute Gasteiger partial charge is 0.251 e. The van der Waals surface area contributed by atoms with Gasteiger partial charge in [-0.1, -0.05) is 6.07 Å². The van der Waals surface area contributed by atoms with Gasteiger partial charge in [-0.2, -0.15) is 0 Å². The molecule has 1 fully saturated rings. The number of pyridine rings is 1. The summed E-state index contributed by atoms with van der Waals surface area (Å²) in [4.78, 5) is 19.5. The first-order valence-corrected chi connectivity index (χ1v) is 9.60. The van der Waals surface area contributed by atoms with Crippen molar-refractivity contribution in [2.45, 2.75) is 26.4 Å². The van der Waals surface area contributed by atoms with Crippen LogP contribution in [0.15, 0.2) is 30.5 Å². The van der Waals surface area contributed by atoms with Gasteiger partial charge in [-0.3, -0.25) is 9.78 Å². The minimum Gasteiger partial charge on any atom is -0.378 e. The maximum absolute atomic E-state index is 12.7. The van der Waals surface area contributed by atoms with Gasteiger partial charge >= 0.3 is 0 Å². The van der Waals surface area contributed by atoms with Crippen LogP contribution < -0.4 is 15.5 Å². The number of benzene rings is 1. The monoisotopic (exact) mass is 366 g/mol. The second-order valence-corrected chi connectivity index (χ2v) is 7.09. The maximum atomic E-state index is 12.7. The first-order valence-electron chi connectivity index (χ1n) is 9.60. The van der Waals surface area contributed by atoms with Crippen molar-refractivity contribution >= 4 is 11.6 Å². The number of nitrogens with zero attached hydrogens (tertiary/aromatic N) is 2. The Morgan fingerprint density at radius 2 is 2.19 bits per heavy atom. The lowest BCUT2D eigenvalue weighted by Gasteiger charge is -2.29. The number of amides is 1. The molecule has 0 saturated carbocycles. The van der Waals surface area contributed by atoms with Gasteiger partial charge in [0.25, 0.3) is 5.91 Å². The van der Waals surface area contributed by atoms with Crippen LogP contribution in [0.4, 0.5) is 5.69 Å². The molecule has 2 N–H and O–H groups in total. The number of morpholine rings is 1. The van der Waals surface area contributed by atoms with Crippen molar-refractivity contribution in [2.24, 2.45) is 0 Å². The number of anilines is 1. The highest BCUT2D eigenvalue weighted by molar-refractivity contribution is 5.95. The quantitative estimate of drug-likeness (QED) is 0.864. The molecule has 1 aromatic heterocycles. The number of carbonyl (C=O) groups excluding carboxylic acids is 1. The molecule has 0 spiro atoms. The third-order valence-electron chi connectivity index (χ3n) is 5.38. The van der Waals surface area contributed by atoms with E-state index in [9.17, 15) is 4.79 Å². The highest BCUT2D eigenvalue weighted by Crippen LogP contribution is 2.21. The van der Waals surface area contributed by atoms with E-state index in [4.69, 9.17) is 4.74 Å². The van der Waals surface area contributed by atoms with E-state index in [2.05, 4.69) is 26.6 Å². The van der Waals surface area contributed by atoms with Gasteiger partial charge in [-0.05, 0) is 54.8 Å². The molecule has 142 valence electrons. The van der Waals surface area contributed by atoms with Crippen LogP contribution in [0.25, 0.3) is 0 Å². The highest BCUT2D eigenvalue weighted by Gasteiger charge is 2.17. The van der Waals surface area contributed by atoms with Gasteiger partial charge in [0.2, 0.25) is 0 Å². The van der Waals surface area contributed by atoms with Crippen LogP contribution in [0, 0.1) is 6.92 Å². The average molecular weight is 366 g/mol. The lowest BCUT2D eigenvalue weighted by Crippen LogP contribution is -2.36. The summed E-state index contributed by atoms with van der Waals surface area (Å²) in [6.07, 6.45) is 2.93. The number of ether oxygens (including phenoxy) is 1. The SMILES string of the molecule is Cc1ncc2c(c1CNC(=O)c1cccc(N3CCOCC3)c1)CCNC2. The number of carbonyl (C=O) groups is 1. The topological polar surface area (TPSA) is 66.5 Å². The predicted octanol–water partition coefficient (Wildman–Crippen LogP) is 1.80. The number of fused-ring (bicyclic) bond motifs is 1. The van der Waals surface area contributed by atoms with E-state index in [1.54, 1.807) is 0 Å². The van der Waals surface area contributed by atoms with Gasteiger partial charge in [0, 0.05) is 49.3 Å². The Bertz CT molecular complexity index is 831. The van der Waals surface area contributed by atoms with Crippen molar-refractivity contribution in [2.75, 3.05) is 37.7 Å². The Morgan fingerprint density at radius 3 is 3.04 bits per heavy atom. The second-order valence-electron chi connectivity index (χ2n) is 7.09. The molecule has 6 heteroatoms. The number of rotatable bonds is 4. The summed E-state index contributed by atoms with van der Waals surface area (Å²) >= 11 is 0. The van der Waals surface area contributed by atoms with Crippen molar-refractivity contribution in [1.29, 1.82) is 0 Å². The second kappa shape index (κ2) is 8.06. The fourth-order valence-electron chi connectivity index (χ4n) is 3.81. The molecule has 1 aromatic carbocycles. The third kappa shape index (κ3) is 3.96. The summed E-state index contributed by atoms with van der Waals surface area (Å²) in [7, 11) is 0. The Balaban J connectivity index is 1.47. The molecule has 4 rings (SSSR count). The van der Waals surface area contributed by atoms with Crippen LogP contribution >= 0.6 is 0 Å². The van der Waals surface area contributed by atoms with Crippen molar-refractivity contribution in [1.82, 2.24) is 15.6 Å². The molecule has 0 aliphatic carbocycles. The van der Waals surface area contributed by atoms with Crippen LogP contribution in [0.3, 0.4) is 0 Å². The van der Waals surface area contributed by atoms with Crippen molar-refractivity contribution in [3.05, 3.63) is 58.4 Å². The van der Waals surface area contributed by atoms with Crippen LogP contribution in [0.2, 0.25) is 0 Å². The zero-order valence-electron chi connectivity index (χ0n) is 15.8. The summed E-state index contributed by atoms with van der Waals surface area (Å²) in [5.74, 6) is -0.0453. The van der Waals surface area contributed by atoms with Crippen LogP contribution in [0.1, 0.15) is 32.7 Å². The van der Waals surface area contributed by atoms with Gasteiger partial charge in [0.05, 0.1) is 13.2 Å². The average Bonchev–Trinajstić information content (AvgIpc) is 2.73. The van der Waals surface area contributed by atoms with Crippen molar-refractivity contribution in [3.63, 3.8) is 0 Å². The number of hydrogen-bond acceptors (Lipinski definition) is 5. The minimum atomic E-state index is -0.0453. The lowest BCUT2D eigenvalue weighted by atomic mass is 9.96. The van der Waals surface area contributed by atoms with Crippen LogP contribution in [-0.4, -0.2) is 43.7 Å². The van der Waals surface area contributed by atoms with E-state index in [1.165, 1.54) is 11.1 Å². The summed E-state index contributed by atoms with van der Waals surface area (Å²) in [5, 5.41) is 6.47. The van der Waals surface area contributed by atoms with Gasteiger partial charge in [-0.25, -0.2) is 0 Å². The minimum absolute atomic E-state index is 0.0453. The molecule has 1 saturated heterocycles. The summed E-state index contributed by atoms with van der Waals surface area (Å²) in [6, 6.07) is 7.84. The normalized spacial score (nSPS) is 16.7. The molecule has 27 heavy (non-hydrogen) atoms. The molecule has 1 amide bonds. The first kappa shape index (κ1) is 17.9. The molecule has 0 bridgehead atoms. The summed E-state index contributed by atoms with van der Waals surface area (Å²) in [5.41, 5.74) is 6.50. The van der Waals surface area contributed by atoms with Crippen molar-refractivity contribution in [3.8, 4) is 0 Å². The largest absolute Gasteiger partial charge is 0.378 e. The highest BCUT2D eigenvalue weighted by atomic mass is 16.5. The molecule has 2 aromatic rings. The number of hydrogen-bond donors (Lipinski definition) is 2. The van der Waals surface area contributed by atoms with Crippen LogP contribution in [-0.2, 0) is 24.2 Å². The molecule has 2 aliphatic rings. The Kier molecular flexibility index (Phi) is 5.36. The van der Waals surface area contributed by atoms with Gasteiger partial charge in [0.1, 0.15) is 0 Å². The van der Waals surface area contributed by atoms with Gasteiger partial charge < -0.3 is 20.3 Å². The fraction of sp³-hybridized carbons (Fsp3) is 0.429. The Morgan fingerprint density at radius 1 is 1.33 bits per heavy atom. The summed E-state index contributed by atoms with van der Waals surface area (Å²) in [6.45, 7) is 7.54. The maximum Gasteiger partial charge on any atom is 0.251 e. The standard InChI is InChI=1S/C21H26N4O2/c1-15-20(19-5-6-22-12-17(19)13-23-15)14-24-21(26)16-3-2-4-18(11-16)25-7-9-27-10-8-25/h2-4,11,13,22H,5-10,12,14H2,1H3,(H,24,26). The van der Waals surface area contributed by atoms with E-state index in [0.717, 1.165) is 62.8 Å². The number of nitrogens with one attached hydrogen (secondary N) is 2. The Hall–Kier alpha value is -2.44. The molecule has 2 aliphatic heterocycles. The van der Waals surface area contributed by atoms with Crippen molar-refractivity contribution < 1.29 is 9.53 Å². The fourth-order valence-corrected chi connectivity index (χ4v) is 3.81. The zero-order chi connectivity index (χ0) is 18.6. The third-order valence-corrected chi connectivity index (χ3v) is 5.38. The molecular formula is C21H26N4O2. The van der Waals surface area contributed by atoms with Gasteiger partial charge in [-0.15, -0.1) is 0 Å². The first-order chi connectivity index (χ1) is 13.2. The molecule has 3 heterocycles. The molecule has 6 nitrogen and oxygen atoms in total. The van der Waals surface area contributed by atoms with E-state index in [0.29, 0.717) is 12.1 Å².